The van der Waals surface area contributed by atoms with Gasteiger partial charge in [0.05, 0.1) is 14.3 Å². The number of benzene rings is 1. The summed E-state index contributed by atoms with van der Waals surface area (Å²) in [5, 5.41) is 13.9. The summed E-state index contributed by atoms with van der Waals surface area (Å²) in [6, 6.07) is 3.60. The number of nitro benzene ring substituents is 1. The Morgan fingerprint density at radius 2 is 2.14 bits per heavy atom. The van der Waals surface area contributed by atoms with Crippen molar-refractivity contribution in [2.75, 3.05) is 19.6 Å². The molecular weight excluding hydrogens is 386 g/mol. The summed E-state index contributed by atoms with van der Waals surface area (Å²) in [5.41, 5.74) is -0.155. The van der Waals surface area contributed by atoms with Gasteiger partial charge < -0.3 is 5.32 Å². The second kappa shape index (κ2) is 7.01. The van der Waals surface area contributed by atoms with Crippen LogP contribution in [0.5, 0.6) is 0 Å². The molecule has 1 aliphatic rings. The largest absolute Gasteiger partial charge is 0.314 e. The molecule has 1 fully saturated rings. The lowest BCUT2D eigenvalue weighted by atomic mass is 10.3. The number of nitrogens with zero attached hydrogens (tertiary/aromatic N) is 2. The molecule has 0 aliphatic carbocycles. The Morgan fingerprint density at radius 3 is 2.67 bits per heavy atom. The maximum Gasteiger partial charge on any atom is 0.283 e. The van der Waals surface area contributed by atoms with E-state index >= 15 is 0 Å². The van der Waals surface area contributed by atoms with E-state index in [1.807, 2.05) is 6.92 Å². The average Bonchev–Trinajstić information content (AvgIpc) is 2.38. The van der Waals surface area contributed by atoms with E-state index < -0.39 is 14.9 Å². The van der Waals surface area contributed by atoms with Crippen molar-refractivity contribution >= 4 is 44.0 Å². The fourth-order valence-corrected chi connectivity index (χ4v) is 4.44. The van der Waals surface area contributed by atoms with Crippen LogP contribution in [-0.4, -0.2) is 43.3 Å². The van der Waals surface area contributed by atoms with Crippen LogP contribution in [0.15, 0.2) is 27.6 Å². The second-order valence-electron chi connectivity index (χ2n) is 4.54. The molecule has 1 aliphatic heterocycles. The molecule has 2 rings (SSSR count). The van der Waals surface area contributed by atoms with E-state index in [1.165, 1.54) is 22.5 Å². The molecule has 0 radical (unpaired) electrons. The van der Waals surface area contributed by atoms with Crippen molar-refractivity contribution in [3.63, 3.8) is 0 Å². The minimum atomic E-state index is -3.64. The number of piperazine rings is 1. The van der Waals surface area contributed by atoms with Crippen molar-refractivity contribution in [1.82, 2.24) is 9.62 Å². The molecule has 1 aromatic rings. The molecule has 10 heteroatoms. The summed E-state index contributed by atoms with van der Waals surface area (Å²) >= 11 is 3.04. The molecule has 0 spiro atoms. The third-order valence-corrected chi connectivity index (χ3v) is 5.81. The Kier molecular flexibility index (Phi) is 6.11. The Labute approximate surface area is 137 Å². The molecule has 0 bridgehead atoms. The number of hydrogen-bond acceptors (Lipinski definition) is 5. The highest BCUT2D eigenvalue weighted by molar-refractivity contribution is 9.10. The quantitative estimate of drug-likeness (QED) is 0.616. The first-order valence-corrected chi connectivity index (χ1v) is 8.24. The van der Waals surface area contributed by atoms with Gasteiger partial charge in [-0.25, -0.2) is 8.42 Å². The maximum atomic E-state index is 12.5. The van der Waals surface area contributed by atoms with Gasteiger partial charge in [-0.15, -0.1) is 12.4 Å². The Hall–Kier alpha value is -0.740. The summed E-state index contributed by atoms with van der Waals surface area (Å²) in [7, 11) is -3.64. The molecule has 1 N–H and O–H groups in total. The van der Waals surface area contributed by atoms with Crippen molar-refractivity contribution in [3.05, 3.63) is 32.8 Å². The summed E-state index contributed by atoms with van der Waals surface area (Å²) in [4.78, 5) is 10.2. The van der Waals surface area contributed by atoms with Crippen LogP contribution in [0, 0.1) is 10.1 Å². The fourth-order valence-electron chi connectivity index (χ4n) is 2.11. The van der Waals surface area contributed by atoms with Gasteiger partial charge in [0.15, 0.2) is 0 Å². The Morgan fingerprint density at radius 1 is 1.48 bits per heavy atom. The smallest absolute Gasteiger partial charge is 0.283 e. The topological polar surface area (TPSA) is 92.6 Å². The van der Waals surface area contributed by atoms with Gasteiger partial charge >= 0.3 is 0 Å². The lowest BCUT2D eigenvalue weighted by Crippen LogP contribution is -2.52. The third-order valence-electron chi connectivity index (χ3n) is 3.16. The fraction of sp³-hybridized carbons (Fsp3) is 0.455. The van der Waals surface area contributed by atoms with Gasteiger partial charge in [-0.05, 0) is 35.0 Å². The monoisotopic (exact) mass is 399 g/mol. The number of rotatable bonds is 3. The summed E-state index contributed by atoms with van der Waals surface area (Å²) < 4.78 is 26.6. The van der Waals surface area contributed by atoms with E-state index in [1.54, 1.807) is 0 Å². The average molecular weight is 401 g/mol. The van der Waals surface area contributed by atoms with Crippen molar-refractivity contribution in [3.8, 4) is 0 Å². The highest BCUT2D eigenvalue weighted by atomic mass is 79.9. The zero-order chi connectivity index (χ0) is 14.9. The van der Waals surface area contributed by atoms with Crippen LogP contribution in [0.25, 0.3) is 0 Å². The first-order chi connectivity index (χ1) is 9.34. The van der Waals surface area contributed by atoms with Crippen molar-refractivity contribution in [2.24, 2.45) is 0 Å². The maximum absolute atomic E-state index is 12.5. The van der Waals surface area contributed by atoms with Gasteiger partial charge in [0.2, 0.25) is 10.0 Å². The summed E-state index contributed by atoms with van der Waals surface area (Å²) in [6.07, 6.45) is 0. The molecule has 0 amide bonds. The molecule has 21 heavy (non-hydrogen) atoms. The van der Waals surface area contributed by atoms with E-state index in [9.17, 15) is 18.5 Å². The van der Waals surface area contributed by atoms with Gasteiger partial charge in [-0.2, -0.15) is 4.31 Å². The van der Waals surface area contributed by atoms with Gasteiger partial charge in [-0.3, -0.25) is 10.1 Å². The molecule has 0 saturated carbocycles. The molecule has 7 nitrogen and oxygen atoms in total. The summed E-state index contributed by atoms with van der Waals surface area (Å²) in [6.45, 7) is 3.40. The molecule has 1 atom stereocenters. The van der Waals surface area contributed by atoms with E-state index in [4.69, 9.17) is 0 Å². The number of sulfonamides is 1. The predicted molar refractivity (Wildman–Crippen MR) is 84.3 cm³/mol. The van der Waals surface area contributed by atoms with E-state index in [-0.39, 0.29) is 33.5 Å². The lowest BCUT2D eigenvalue weighted by Gasteiger charge is -2.32. The molecule has 1 heterocycles. The lowest BCUT2D eigenvalue weighted by molar-refractivity contribution is -0.385. The van der Waals surface area contributed by atoms with Crippen LogP contribution in [0.3, 0.4) is 0 Å². The number of nitrogens with one attached hydrogen (secondary N) is 1. The van der Waals surface area contributed by atoms with Crippen molar-refractivity contribution in [1.29, 1.82) is 0 Å². The zero-order valence-corrected chi connectivity index (χ0v) is 14.4. The molecule has 118 valence electrons. The van der Waals surface area contributed by atoms with Crippen LogP contribution >= 0.6 is 28.3 Å². The van der Waals surface area contributed by atoms with E-state index in [2.05, 4.69) is 21.2 Å². The summed E-state index contributed by atoms with van der Waals surface area (Å²) in [5.74, 6) is 0. The van der Waals surface area contributed by atoms with Crippen LogP contribution in [0.1, 0.15) is 6.92 Å². The highest BCUT2D eigenvalue weighted by Crippen LogP contribution is 2.29. The van der Waals surface area contributed by atoms with E-state index in [0.29, 0.717) is 19.6 Å². The first-order valence-electron chi connectivity index (χ1n) is 6.00. The van der Waals surface area contributed by atoms with Crippen molar-refractivity contribution in [2.45, 2.75) is 17.9 Å². The minimum absolute atomic E-state index is 0. The first kappa shape index (κ1) is 18.3. The Balaban J connectivity index is 0.00000220. The van der Waals surface area contributed by atoms with Gasteiger partial charge in [0, 0.05) is 31.7 Å². The number of halogens is 2. The zero-order valence-electron chi connectivity index (χ0n) is 11.2. The van der Waals surface area contributed by atoms with Crippen molar-refractivity contribution < 1.29 is 13.3 Å². The molecule has 1 unspecified atom stereocenters. The Bertz CT molecular complexity index is 640. The van der Waals surface area contributed by atoms with Gasteiger partial charge in [0.1, 0.15) is 0 Å². The van der Waals surface area contributed by atoms with E-state index in [0.717, 1.165) is 0 Å². The second-order valence-corrected chi connectivity index (χ2v) is 7.28. The van der Waals surface area contributed by atoms with Gasteiger partial charge in [0.25, 0.3) is 5.69 Å². The molecular formula is C11H15BrClN3O4S. The van der Waals surface area contributed by atoms with Crippen LogP contribution in [0.4, 0.5) is 5.69 Å². The van der Waals surface area contributed by atoms with Gasteiger partial charge in [-0.1, -0.05) is 0 Å². The SMILES string of the molecule is CC1CNCCN1S(=O)(=O)c1ccc([N+](=O)[O-])c(Br)c1.Cl. The van der Waals surface area contributed by atoms with Crippen LogP contribution in [0.2, 0.25) is 0 Å². The predicted octanol–water partition coefficient (Wildman–Crippen LogP) is 1.76. The molecule has 0 aromatic heterocycles. The van der Waals surface area contributed by atoms with Crippen LogP contribution < -0.4 is 5.32 Å². The van der Waals surface area contributed by atoms with Crippen LogP contribution in [-0.2, 0) is 10.0 Å². The standard InChI is InChI=1S/C11H14BrN3O4S.ClH/c1-8-7-13-4-5-14(8)20(18,19)9-2-3-11(15(16)17)10(12)6-9;/h2-3,6,8,13H,4-5,7H2,1H3;1H. The molecule has 1 saturated heterocycles. The third kappa shape index (κ3) is 3.72. The normalized spacial score (nSPS) is 19.8. The molecule has 1 aromatic carbocycles. The number of nitro groups is 1. The minimum Gasteiger partial charge on any atom is -0.314 e. The number of hydrogen-bond donors (Lipinski definition) is 1. The highest BCUT2D eigenvalue weighted by Gasteiger charge is 2.31.